The van der Waals surface area contributed by atoms with Crippen LogP contribution in [0.2, 0.25) is 5.02 Å². The predicted molar refractivity (Wildman–Crippen MR) is 119 cm³/mol. The summed E-state index contributed by atoms with van der Waals surface area (Å²) in [6, 6.07) is 7.69. The van der Waals surface area contributed by atoms with Gasteiger partial charge in [0.15, 0.2) is 0 Å². The Morgan fingerprint density at radius 2 is 2.00 bits per heavy atom. The van der Waals surface area contributed by atoms with Gasteiger partial charge in [0.05, 0.1) is 17.6 Å². The number of halogens is 2. The molecule has 8 heteroatoms. The molecule has 164 valence electrons. The first-order valence-corrected chi connectivity index (χ1v) is 10.2. The number of aromatic carboxylic acids is 1. The topological polar surface area (TPSA) is 94.5 Å². The van der Waals surface area contributed by atoms with Crippen molar-refractivity contribution >= 4 is 28.5 Å². The molecule has 31 heavy (non-hydrogen) atoms. The molecule has 3 rings (SSSR count). The zero-order chi connectivity index (χ0) is 22.9. The van der Waals surface area contributed by atoms with Gasteiger partial charge in [-0.2, -0.15) is 0 Å². The minimum Gasteiger partial charge on any atom is -0.496 e. The van der Waals surface area contributed by atoms with Gasteiger partial charge in [-0.1, -0.05) is 37.6 Å². The highest BCUT2D eigenvalue weighted by molar-refractivity contribution is 6.30. The van der Waals surface area contributed by atoms with E-state index in [-0.39, 0.29) is 40.9 Å². The highest BCUT2D eigenvalue weighted by atomic mass is 35.5. The minimum absolute atomic E-state index is 0.00417. The summed E-state index contributed by atoms with van der Waals surface area (Å²) >= 11 is 5.89. The molecule has 0 bridgehead atoms. The van der Waals surface area contributed by atoms with Crippen LogP contribution in [0.3, 0.4) is 0 Å². The smallest absolute Gasteiger partial charge is 0.341 e. The van der Waals surface area contributed by atoms with Crippen LogP contribution in [0.25, 0.3) is 10.9 Å². The molecule has 2 aromatic carbocycles. The fourth-order valence-corrected chi connectivity index (χ4v) is 3.97. The molecule has 3 aromatic rings. The second kappa shape index (κ2) is 9.08. The van der Waals surface area contributed by atoms with Crippen molar-refractivity contribution in [2.75, 3.05) is 13.7 Å². The van der Waals surface area contributed by atoms with E-state index in [4.69, 9.17) is 22.1 Å². The van der Waals surface area contributed by atoms with Gasteiger partial charge in [0.25, 0.3) is 0 Å². The number of methoxy groups -OCH3 is 1. The average Bonchev–Trinajstić information content (AvgIpc) is 2.72. The summed E-state index contributed by atoms with van der Waals surface area (Å²) in [6.07, 6.45) is 1.45. The van der Waals surface area contributed by atoms with Crippen molar-refractivity contribution in [3.63, 3.8) is 0 Å². The lowest BCUT2D eigenvalue weighted by Gasteiger charge is -2.26. The molecule has 0 saturated carbocycles. The monoisotopic (exact) mass is 446 g/mol. The molecule has 3 N–H and O–H groups in total. The van der Waals surface area contributed by atoms with Crippen LogP contribution in [0.15, 0.2) is 41.3 Å². The Morgan fingerprint density at radius 3 is 2.58 bits per heavy atom. The molecule has 1 aromatic heterocycles. The fourth-order valence-electron chi connectivity index (χ4n) is 3.77. The summed E-state index contributed by atoms with van der Waals surface area (Å²) in [5.41, 5.74) is 6.37. The van der Waals surface area contributed by atoms with Crippen molar-refractivity contribution in [1.82, 2.24) is 4.57 Å². The van der Waals surface area contributed by atoms with Crippen LogP contribution in [0.1, 0.15) is 41.4 Å². The van der Waals surface area contributed by atoms with E-state index >= 15 is 0 Å². The molecule has 0 aliphatic rings. The van der Waals surface area contributed by atoms with Gasteiger partial charge >= 0.3 is 5.97 Å². The molecular formula is C23H24ClFN2O4. The second-order valence-electron chi connectivity index (χ2n) is 7.70. The number of rotatable bonds is 7. The summed E-state index contributed by atoms with van der Waals surface area (Å²) in [4.78, 5) is 24.7. The fraction of sp³-hybridized carbons (Fsp3) is 0.304. The number of fused-ring (bicyclic) bond motifs is 1. The van der Waals surface area contributed by atoms with Gasteiger partial charge in [0, 0.05) is 36.7 Å². The van der Waals surface area contributed by atoms with E-state index in [2.05, 4.69) is 0 Å². The number of hydrogen-bond acceptors (Lipinski definition) is 4. The predicted octanol–water partition coefficient (Wildman–Crippen LogP) is 4.25. The second-order valence-corrected chi connectivity index (χ2v) is 8.11. The van der Waals surface area contributed by atoms with Crippen LogP contribution in [-0.2, 0) is 6.42 Å². The summed E-state index contributed by atoms with van der Waals surface area (Å²) < 4.78 is 21.7. The van der Waals surface area contributed by atoms with Crippen molar-refractivity contribution in [3.8, 4) is 5.75 Å². The van der Waals surface area contributed by atoms with E-state index in [0.717, 1.165) is 0 Å². The number of carbonyl (C=O) groups is 1. The van der Waals surface area contributed by atoms with Crippen LogP contribution in [-0.4, -0.2) is 29.3 Å². The first kappa shape index (κ1) is 22.8. The lowest BCUT2D eigenvalue weighted by molar-refractivity contribution is 0.0694. The molecule has 0 amide bonds. The summed E-state index contributed by atoms with van der Waals surface area (Å²) in [5, 5.41) is 9.78. The van der Waals surface area contributed by atoms with Crippen molar-refractivity contribution in [1.29, 1.82) is 0 Å². The zero-order valence-electron chi connectivity index (χ0n) is 17.5. The number of nitrogens with zero attached hydrogens (tertiary/aromatic N) is 1. The molecule has 0 radical (unpaired) electrons. The highest BCUT2D eigenvalue weighted by Gasteiger charge is 2.22. The molecule has 0 fully saturated rings. The van der Waals surface area contributed by atoms with E-state index < -0.39 is 17.2 Å². The molecule has 0 saturated heterocycles. The maximum atomic E-state index is 14.5. The summed E-state index contributed by atoms with van der Waals surface area (Å²) in [6.45, 7) is 4.19. The number of hydrogen-bond donors (Lipinski definition) is 2. The van der Waals surface area contributed by atoms with Crippen LogP contribution in [0.5, 0.6) is 5.75 Å². The van der Waals surface area contributed by atoms with E-state index in [9.17, 15) is 19.1 Å². The Kier molecular flexibility index (Phi) is 6.67. The Morgan fingerprint density at radius 1 is 1.29 bits per heavy atom. The largest absolute Gasteiger partial charge is 0.496 e. The van der Waals surface area contributed by atoms with Crippen molar-refractivity contribution in [2.45, 2.75) is 26.3 Å². The number of benzene rings is 2. The standard InChI is InChI=1S/C23H24ClFN2O4/c1-12(2)19(10-26)27-11-16(23(29)30)22(28)15-8-14(20(31-3)9-18(15)27)7-13-5-4-6-17(24)21(13)25/h4-6,8-9,11-12,19H,7,10,26H2,1-3H3,(H,29,30)/t19-/m1/s1. The molecule has 0 aliphatic carbocycles. The number of nitrogens with two attached hydrogens (primary N) is 1. The van der Waals surface area contributed by atoms with Crippen LogP contribution in [0.4, 0.5) is 4.39 Å². The third-order valence-electron chi connectivity index (χ3n) is 5.45. The quantitative estimate of drug-likeness (QED) is 0.565. The van der Waals surface area contributed by atoms with E-state index in [0.29, 0.717) is 22.4 Å². The third-order valence-corrected chi connectivity index (χ3v) is 5.74. The van der Waals surface area contributed by atoms with Crippen molar-refractivity contribution in [3.05, 3.63) is 74.3 Å². The van der Waals surface area contributed by atoms with E-state index in [1.807, 2.05) is 13.8 Å². The number of ether oxygens (including phenoxy) is 1. The molecule has 0 spiro atoms. The van der Waals surface area contributed by atoms with Crippen molar-refractivity contribution in [2.24, 2.45) is 11.7 Å². The van der Waals surface area contributed by atoms with Gasteiger partial charge in [-0.3, -0.25) is 4.79 Å². The molecule has 1 atom stereocenters. The van der Waals surface area contributed by atoms with Crippen LogP contribution < -0.4 is 15.9 Å². The molecule has 1 heterocycles. The Labute approximate surface area is 184 Å². The first-order valence-electron chi connectivity index (χ1n) is 9.81. The SMILES string of the molecule is COc1cc2c(cc1Cc1cccc(Cl)c1F)c(=O)c(C(=O)O)cn2[C@H](CN)C(C)C. The Balaban J connectivity index is 2.32. The first-order chi connectivity index (χ1) is 14.7. The van der Waals surface area contributed by atoms with Crippen LogP contribution >= 0.6 is 11.6 Å². The number of carboxylic acid groups (broad SMARTS) is 1. The normalized spacial score (nSPS) is 12.4. The Bertz CT molecular complexity index is 1210. The maximum absolute atomic E-state index is 14.5. The van der Waals surface area contributed by atoms with E-state index in [1.54, 1.807) is 28.8 Å². The zero-order valence-corrected chi connectivity index (χ0v) is 18.2. The highest BCUT2D eigenvalue weighted by Crippen LogP contribution is 2.31. The van der Waals surface area contributed by atoms with Gasteiger partial charge in [-0.15, -0.1) is 0 Å². The molecule has 0 unspecified atom stereocenters. The van der Waals surface area contributed by atoms with Crippen LogP contribution in [0, 0.1) is 11.7 Å². The lowest BCUT2D eigenvalue weighted by Crippen LogP contribution is -2.28. The molecule has 6 nitrogen and oxygen atoms in total. The number of aromatic nitrogens is 1. The van der Waals surface area contributed by atoms with Gasteiger partial charge in [-0.05, 0) is 29.2 Å². The molecular weight excluding hydrogens is 423 g/mol. The number of carboxylic acids is 1. The average molecular weight is 447 g/mol. The number of pyridine rings is 1. The Hall–Kier alpha value is -2.90. The summed E-state index contributed by atoms with van der Waals surface area (Å²) in [7, 11) is 1.48. The summed E-state index contributed by atoms with van der Waals surface area (Å²) in [5.74, 6) is -1.34. The third kappa shape index (κ3) is 4.29. The lowest BCUT2D eigenvalue weighted by atomic mass is 9.98. The van der Waals surface area contributed by atoms with Gasteiger partial charge < -0.3 is 20.1 Å². The van der Waals surface area contributed by atoms with Gasteiger partial charge in [-0.25, -0.2) is 9.18 Å². The minimum atomic E-state index is -1.32. The van der Waals surface area contributed by atoms with Crippen molar-refractivity contribution < 1.29 is 19.0 Å². The maximum Gasteiger partial charge on any atom is 0.341 e. The van der Waals surface area contributed by atoms with Gasteiger partial charge in [0.1, 0.15) is 17.1 Å². The molecule has 0 aliphatic heterocycles. The van der Waals surface area contributed by atoms with E-state index in [1.165, 1.54) is 19.4 Å². The van der Waals surface area contributed by atoms with Gasteiger partial charge in [0.2, 0.25) is 5.43 Å².